The number of aliphatic hydroxyl groups is 1. The van der Waals surface area contributed by atoms with E-state index in [-0.39, 0.29) is 32.1 Å². The minimum absolute atomic E-state index is 0.0580. The fraction of sp³-hybridized carbons (Fsp3) is 0.591. The largest absolute Gasteiger partial charge is 0.465 e. The lowest BCUT2D eigenvalue weighted by Crippen LogP contribution is -2.53. The molecule has 4 atom stereocenters. The minimum Gasteiger partial charge on any atom is -0.465 e. The van der Waals surface area contributed by atoms with Crippen molar-refractivity contribution in [1.29, 1.82) is 0 Å². The van der Waals surface area contributed by atoms with Crippen molar-refractivity contribution in [1.82, 2.24) is 10.2 Å². The standard InChI is InChI=1S/C22H32N2O6/c1-4-29-21(27)18(12-11-16-9-7-6-8-10-16)23-15(3)20(26)24-14-17(25)13-19(24)22(28)30-5-2/h6-10,15,17-19,23,25H,4-5,11-14H2,1-3H3/t15-,17+,18-,19-/m0/s1. The Hall–Kier alpha value is -2.45. The summed E-state index contributed by atoms with van der Waals surface area (Å²) >= 11 is 0. The van der Waals surface area contributed by atoms with Gasteiger partial charge in [-0.3, -0.25) is 14.9 Å². The zero-order chi connectivity index (χ0) is 22.1. The van der Waals surface area contributed by atoms with E-state index < -0.39 is 36.2 Å². The van der Waals surface area contributed by atoms with E-state index in [4.69, 9.17) is 9.47 Å². The zero-order valence-corrected chi connectivity index (χ0v) is 17.9. The van der Waals surface area contributed by atoms with Crippen LogP contribution in [0.5, 0.6) is 0 Å². The molecule has 0 aromatic heterocycles. The number of ether oxygens (including phenoxy) is 2. The van der Waals surface area contributed by atoms with Gasteiger partial charge in [-0.1, -0.05) is 30.3 Å². The topological polar surface area (TPSA) is 105 Å². The van der Waals surface area contributed by atoms with Crippen molar-refractivity contribution in [2.75, 3.05) is 19.8 Å². The van der Waals surface area contributed by atoms with Crippen molar-refractivity contribution >= 4 is 17.8 Å². The first-order valence-corrected chi connectivity index (χ1v) is 10.5. The molecule has 1 fully saturated rings. The number of carbonyl (C=O) groups excluding carboxylic acids is 3. The molecule has 30 heavy (non-hydrogen) atoms. The third-order valence-corrected chi connectivity index (χ3v) is 5.08. The number of hydrogen-bond donors (Lipinski definition) is 2. The third-order valence-electron chi connectivity index (χ3n) is 5.08. The van der Waals surface area contributed by atoms with E-state index in [1.165, 1.54) is 4.90 Å². The fourth-order valence-electron chi connectivity index (χ4n) is 3.61. The van der Waals surface area contributed by atoms with Crippen LogP contribution < -0.4 is 5.32 Å². The number of rotatable bonds is 10. The van der Waals surface area contributed by atoms with Crippen LogP contribution in [0.25, 0.3) is 0 Å². The monoisotopic (exact) mass is 420 g/mol. The van der Waals surface area contributed by atoms with E-state index in [9.17, 15) is 19.5 Å². The number of benzene rings is 1. The quantitative estimate of drug-likeness (QED) is 0.545. The molecule has 0 saturated carbocycles. The van der Waals surface area contributed by atoms with Crippen LogP contribution in [0.2, 0.25) is 0 Å². The lowest BCUT2D eigenvalue weighted by molar-refractivity contribution is -0.154. The number of likely N-dealkylation sites (tertiary alicyclic amines) is 1. The SMILES string of the molecule is CCOC(=O)[C@H](CCc1ccccc1)N[C@@H](C)C(=O)N1C[C@H](O)C[C@H]1C(=O)OCC. The van der Waals surface area contributed by atoms with Gasteiger partial charge >= 0.3 is 11.9 Å². The number of amides is 1. The van der Waals surface area contributed by atoms with Gasteiger partial charge in [0.2, 0.25) is 5.91 Å². The van der Waals surface area contributed by atoms with Crippen LogP contribution in [0.3, 0.4) is 0 Å². The van der Waals surface area contributed by atoms with E-state index in [1.807, 2.05) is 30.3 Å². The maximum Gasteiger partial charge on any atom is 0.328 e. The number of carbonyl (C=O) groups is 3. The Morgan fingerprint density at radius 2 is 1.83 bits per heavy atom. The van der Waals surface area contributed by atoms with Gasteiger partial charge in [-0.2, -0.15) is 0 Å². The molecule has 8 heteroatoms. The second kappa shape index (κ2) is 11.7. The summed E-state index contributed by atoms with van der Waals surface area (Å²) in [7, 11) is 0. The summed E-state index contributed by atoms with van der Waals surface area (Å²) in [4.78, 5) is 38.9. The number of nitrogens with one attached hydrogen (secondary N) is 1. The van der Waals surface area contributed by atoms with Crippen LogP contribution in [-0.4, -0.2) is 71.8 Å². The van der Waals surface area contributed by atoms with Crippen molar-refractivity contribution in [3.63, 3.8) is 0 Å². The summed E-state index contributed by atoms with van der Waals surface area (Å²) in [5.74, 6) is -1.31. The van der Waals surface area contributed by atoms with Crippen LogP contribution in [0.4, 0.5) is 0 Å². The summed E-state index contributed by atoms with van der Waals surface area (Å²) in [5.41, 5.74) is 1.08. The molecule has 2 N–H and O–H groups in total. The average Bonchev–Trinajstić information content (AvgIpc) is 3.13. The molecule has 1 aliphatic heterocycles. The molecule has 1 amide bonds. The first-order chi connectivity index (χ1) is 14.4. The molecule has 1 aromatic rings. The van der Waals surface area contributed by atoms with Gasteiger partial charge in [0.25, 0.3) is 0 Å². The lowest BCUT2D eigenvalue weighted by atomic mass is 10.0. The second-order valence-electron chi connectivity index (χ2n) is 7.37. The number of nitrogens with zero attached hydrogens (tertiary/aromatic N) is 1. The maximum absolute atomic E-state index is 13.0. The highest BCUT2D eigenvalue weighted by atomic mass is 16.5. The van der Waals surface area contributed by atoms with Crippen LogP contribution in [0, 0.1) is 0 Å². The number of aryl methyl sites for hydroxylation is 1. The fourth-order valence-corrected chi connectivity index (χ4v) is 3.61. The highest BCUT2D eigenvalue weighted by Crippen LogP contribution is 2.20. The molecule has 0 bridgehead atoms. The summed E-state index contributed by atoms with van der Waals surface area (Å²) in [6.07, 6.45) is 0.470. The van der Waals surface area contributed by atoms with E-state index >= 15 is 0 Å². The normalized spacial score (nSPS) is 20.5. The van der Waals surface area contributed by atoms with Gasteiger partial charge in [0.15, 0.2) is 0 Å². The van der Waals surface area contributed by atoms with E-state index in [1.54, 1.807) is 20.8 Å². The Morgan fingerprint density at radius 3 is 2.47 bits per heavy atom. The smallest absolute Gasteiger partial charge is 0.328 e. The van der Waals surface area contributed by atoms with Crippen LogP contribution in [-0.2, 0) is 30.3 Å². The highest BCUT2D eigenvalue weighted by molar-refractivity contribution is 5.88. The molecule has 0 radical (unpaired) electrons. The Bertz CT molecular complexity index is 711. The van der Waals surface area contributed by atoms with Crippen molar-refractivity contribution < 1.29 is 29.0 Å². The van der Waals surface area contributed by atoms with Gasteiger partial charge in [0.1, 0.15) is 12.1 Å². The minimum atomic E-state index is -0.818. The number of β-amino-alcohol motifs (C(OH)–C–C–N with tert-alkyl or cyclic N) is 1. The Morgan fingerprint density at radius 1 is 1.17 bits per heavy atom. The summed E-state index contributed by atoms with van der Waals surface area (Å²) in [5, 5.41) is 13.0. The molecule has 0 spiro atoms. The second-order valence-corrected chi connectivity index (χ2v) is 7.37. The van der Waals surface area contributed by atoms with Gasteiger partial charge in [0.05, 0.1) is 25.4 Å². The first kappa shape index (κ1) is 23.8. The summed E-state index contributed by atoms with van der Waals surface area (Å²) in [6.45, 7) is 5.57. The van der Waals surface area contributed by atoms with Crippen LogP contribution in [0.1, 0.15) is 39.2 Å². The van der Waals surface area contributed by atoms with Crippen LogP contribution >= 0.6 is 0 Å². The summed E-state index contributed by atoms with van der Waals surface area (Å²) in [6, 6.07) is 7.52. The van der Waals surface area contributed by atoms with Crippen molar-refractivity contribution in [3.05, 3.63) is 35.9 Å². The molecule has 1 aromatic carbocycles. The third kappa shape index (κ3) is 6.53. The Kier molecular flexibility index (Phi) is 9.26. The van der Waals surface area contributed by atoms with Gasteiger partial charge in [0, 0.05) is 13.0 Å². The predicted molar refractivity (Wildman–Crippen MR) is 111 cm³/mol. The van der Waals surface area contributed by atoms with E-state index in [0.717, 1.165) is 5.56 Å². The summed E-state index contributed by atoms with van der Waals surface area (Å²) < 4.78 is 10.2. The molecule has 8 nitrogen and oxygen atoms in total. The van der Waals surface area contributed by atoms with Crippen molar-refractivity contribution in [2.45, 2.75) is 64.3 Å². The molecular weight excluding hydrogens is 388 g/mol. The average molecular weight is 421 g/mol. The molecule has 1 saturated heterocycles. The molecule has 1 aliphatic rings. The van der Waals surface area contributed by atoms with Gasteiger partial charge in [-0.25, -0.2) is 4.79 Å². The van der Waals surface area contributed by atoms with Gasteiger partial charge < -0.3 is 19.5 Å². The molecule has 0 unspecified atom stereocenters. The van der Waals surface area contributed by atoms with E-state index in [0.29, 0.717) is 12.8 Å². The molecule has 0 aliphatic carbocycles. The van der Waals surface area contributed by atoms with Gasteiger partial charge in [-0.15, -0.1) is 0 Å². The number of esters is 2. The van der Waals surface area contributed by atoms with Gasteiger partial charge in [-0.05, 0) is 39.2 Å². The van der Waals surface area contributed by atoms with Crippen molar-refractivity contribution in [2.24, 2.45) is 0 Å². The first-order valence-electron chi connectivity index (χ1n) is 10.5. The molecule has 1 heterocycles. The molecular formula is C22H32N2O6. The predicted octanol–water partition coefficient (Wildman–Crippen LogP) is 1.05. The lowest BCUT2D eigenvalue weighted by Gasteiger charge is -2.28. The van der Waals surface area contributed by atoms with E-state index in [2.05, 4.69) is 5.32 Å². The Balaban J connectivity index is 2.05. The number of aliphatic hydroxyl groups excluding tert-OH is 1. The molecule has 2 rings (SSSR count). The maximum atomic E-state index is 13.0. The highest BCUT2D eigenvalue weighted by Gasteiger charge is 2.41. The number of hydrogen-bond acceptors (Lipinski definition) is 7. The molecule has 166 valence electrons. The van der Waals surface area contributed by atoms with Crippen LogP contribution in [0.15, 0.2) is 30.3 Å². The van der Waals surface area contributed by atoms with Crippen molar-refractivity contribution in [3.8, 4) is 0 Å². The zero-order valence-electron chi connectivity index (χ0n) is 17.9. The Labute approximate surface area is 177 Å².